The first-order valence-electron chi connectivity index (χ1n) is 6.71. The van der Waals surface area contributed by atoms with Crippen LogP contribution in [0, 0.1) is 0 Å². The van der Waals surface area contributed by atoms with Gasteiger partial charge in [-0.1, -0.05) is 27.7 Å². The number of H-pyrrole nitrogens is 1. The van der Waals surface area contributed by atoms with Crippen molar-refractivity contribution in [2.24, 2.45) is 0 Å². The van der Waals surface area contributed by atoms with E-state index in [0.29, 0.717) is 0 Å². The quantitative estimate of drug-likeness (QED) is 0.783. The first kappa shape index (κ1) is 15.7. The third-order valence-electron chi connectivity index (χ3n) is 3.46. The molecule has 0 aliphatic rings. The average Bonchev–Trinajstić information content (AvgIpc) is 2.75. The second-order valence-electron chi connectivity index (χ2n) is 5.74. The van der Waals surface area contributed by atoms with Gasteiger partial charge in [-0.2, -0.15) is 0 Å². The molecule has 20 heavy (non-hydrogen) atoms. The monoisotopic (exact) mass is 354 g/mol. The van der Waals surface area contributed by atoms with Crippen LogP contribution in [0.3, 0.4) is 0 Å². The van der Waals surface area contributed by atoms with Gasteiger partial charge in [-0.3, -0.25) is 0 Å². The van der Waals surface area contributed by atoms with Gasteiger partial charge in [0.1, 0.15) is 0 Å². The Morgan fingerprint density at radius 3 is 2.75 bits per heavy atom. The molecule has 0 amide bonds. The number of aromatic amines is 1. The van der Waals surface area contributed by atoms with E-state index in [2.05, 4.69) is 75.3 Å². The van der Waals surface area contributed by atoms with Gasteiger partial charge in [0.25, 0.3) is 0 Å². The zero-order chi connectivity index (χ0) is 14.8. The molecule has 0 aliphatic heterocycles. The van der Waals surface area contributed by atoms with E-state index in [1.165, 1.54) is 16.5 Å². The summed E-state index contributed by atoms with van der Waals surface area (Å²) in [5, 5.41) is 1.32. The van der Waals surface area contributed by atoms with E-state index in [0.717, 1.165) is 29.7 Å². The van der Waals surface area contributed by atoms with Crippen molar-refractivity contribution >= 4 is 47.8 Å². The fourth-order valence-corrected chi connectivity index (χ4v) is 3.27. The summed E-state index contributed by atoms with van der Waals surface area (Å²) < 4.78 is 1.13. The highest BCUT2D eigenvalue weighted by Gasteiger charge is 2.06. The smallest absolute Gasteiger partial charge is 0.0457 e. The van der Waals surface area contributed by atoms with Gasteiger partial charge < -0.3 is 9.88 Å². The Morgan fingerprint density at radius 1 is 1.30 bits per heavy atom. The summed E-state index contributed by atoms with van der Waals surface area (Å²) in [6.45, 7) is 2.14. The zero-order valence-electron chi connectivity index (χ0n) is 12.3. The van der Waals surface area contributed by atoms with Crippen molar-refractivity contribution in [3.05, 3.63) is 34.4 Å². The van der Waals surface area contributed by atoms with Crippen molar-refractivity contribution in [1.82, 2.24) is 9.88 Å². The minimum atomic E-state index is -0.886. The molecule has 2 nitrogen and oxygen atoms in total. The van der Waals surface area contributed by atoms with Crippen LogP contribution in [0.4, 0.5) is 0 Å². The number of rotatable bonds is 6. The van der Waals surface area contributed by atoms with Crippen molar-refractivity contribution in [2.75, 3.05) is 32.1 Å². The second kappa shape index (κ2) is 6.37. The van der Waals surface area contributed by atoms with Gasteiger partial charge in [0.05, 0.1) is 0 Å². The SMILES string of the molecule is C=S(=C)(C)CCN(C)CCc1c[nH]c2ccc(Br)cc12. The maximum absolute atomic E-state index is 4.14. The molecule has 1 heterocycles. The Morgan fingerprint density at radius 2 is 2.05 bits per heavy atom. The van der Waals surface area contributed by atoms with Crippen LogP contribution >= 0.6 is 25.1 Å². The molecule has 0 bridgehead atoms. The van der Waals surface area contributed by atoms with E-state index in [1.807, 2.05) is 0 Å². The Hall–Kier alpha value is -0.710. The van der Waals surface area contributed by atoms with E-state index >= 15 is 0 Å². The van der Waals surface area contributed by atoms with Crippen LogP contribution in [-0.2, 0) is 6.42 Å². The van der Waals surface area contributed by atoms with Gasteiger partial charge in [0.2, 0.25) is 0 Å². The maximum Gasteiger partial charge on any atom is 0.0457 e. The Kier molecular flexibility index (Phi) is 4.99. The van der Waals surface area contributed by atoms with Gasteiger partial charge in [0.15, 0.2) is 0 Å². The molecule has 2 aromatic rings. The van der Waals surface area contributed by atoms with Crippen LogP contribution in [0.25, 0.3) is 10.9 Å². The second-order valence-corrected chi connectivity index (χ2v) is 10.0. The van der Waals surface area contributed by atoms with Gasteiger partial charge in [0, 0.05) is 34.7 Å². The summed E-state index contributed by atoms with van der Waals surface area (Å²) in [5.74, 6) is 9.38. The number of hydrogen-bond donors (Lipinski definition) is 1. The van der Waals surface area contributed by atoms with E-state index < -0.39 is 9.21 Å². The topological polar surface area (TPSA) is 19.0 Å². The fraction of sp³-hybridized carbons (Fsp3) is 0.375. The van der Waals surface area contributed by atoms with Gasteiger partial charge in [-0.05, 0) is 49.2 Å². The molecule has 0 spiro atoms. The number of nitrogens with zero attached hydrogens (tertiary/aromatic N) is 1. The first-order valence-corrected chi connectivity index (χ1v) is 10.1. The van der Waals surface area contributed by atoms with E-state index in [-0.39, 0.29) is 0 Å². The predicted molar refractivity (Wildman–Crippen MR) is 99.8 cm³/mol. The number of hydrogen-bond acceptors (Lipinski definition) is 1. The fourth-order valence-electron chi connectivity index (χ4n) is 2.16. The molecule has 0 unspecified atom stereocenters. The molecule has 0 radical (unpaired) electrons. The lowest BCUT2D eigenvalue weighted by Crippen LogP contribution is -2.24. The molecule has 0 saturated carbocycles. The summed E-state index contributed by atoms with van der Waals surface area (Å²) in [6.07, 6.45) is 5.36. The van der Waals surface area contributed by atoms with Crippen molar-refractivity contribution in [1.29, 1.82) is 0 Å². The highest BCUT2D eigenvalue weighted by atomic mass is 79.9. The van der Waals surface area contributed by atoms with Crippen LogP contribution in [0.15, 0.2) is 28.9 Å². The molecule has 2 rings (SSSR count). The van der Waals surface area contributed by atoms with Crippen LogP contribution in [-0.4, -0.2) is 53.8 Å². The molecular weight excluding hydrogens is 332 g/mol. The summed E-state index contributed by atoms with van der Waals surface area (Å²) in [6, 6.07) is 6.38. The number of likely N-dealkylation sites (N-methyl/N-ethyl adjacent to an activating group) is 1. The maximum atomic E-state index is 4.14. The van der Waals surface area contributed by atoms with Gasteiger partial charge >= 0.3 is 0 Å². The number of benzene rings is 1. The Balaban J connectivity index is 1.97. The highest BCUT2D eigenvalue weighted by molar-refractivity contribution is 9.10. The zero-order valence-corrected chi connectivity index (χ0v) is 14.7. The van der Waals surface area contributed by atoms with E-state index in [4.69, 9.17) is 0 Å². The van der Waals surface area contributed by atoms with Gasteiger partial charge in [-0.25, -0.2) is 9.21 Å². The normalized spacial score (nSPS) is 12.4. The minimum Gasteiger partial charge on any atom is -0.361 e. The van der Waals surface area contributed by atoms with Gasteiger partial charge in [-0.15, -0.1) is 0 Å². The predicted octanol–water partition coefficient (Wildman–Crippen LogP) is 3.70. The lowest BCUT2D eigenvalue weighted by molar-refractivity contribution is 0.361. The van der Waals surface area contributed by atoms with Crippen LogP contribution < -0.4 is 0 Å². The third-order valence-corrected chi connectivity index (χ3v) is 5.12. The average molecular weight is 355 g/mol. The van der Waals surface area contributed by atoms with Crippen molar-refractivity contribution < 1.29 is 0 Å². The van der Waals surface area contributed by atoms with Crippen molar-refractivity contribution in [3.8, 4) is 0 Å². The van der Waals surface area contributed by atoms with Crippen molar-refractivity contribution in [3.63, 3.8) is 0 Å². The summed E-state index contributed by atoms with van der Waals surface area (Å²) in [5.41, 5.74) is 2.59. The molecule has 0 aliphatic carbocycles. The number of nitrogens with one attached hydrogen (secondary N) is 1. The standard InChI is InChI=1S/C16H23BrN2S/c1-19(9-10-20(2,3)4)8-7-13-12-18-16-6-5-14(17)11-15(13)16/h5-6,11-12,18H,2-3,7-10H2,1,4H3. The summed E-state index contributed by atoms with van der Waals surface area (Å²) in [7, 11) is 1.29. The number of aromatic nitrogens is 1. The van der Waals surface area contributed by atoms with E-state index in [1.54, 1.807) is 0 Å². The Bertz CT molecular complexity index is 686. The molecule has 1 N–H and O–H groups in total. The largest absolute Gasteiger partial charge is 0.361 e. The van der Waals surface area contributed by atoms with E-state index in [9.17, 15) is 0 Å². The van der Waals surface area contributed by atoms with Crippen LogP contribution in [0.1, 0.15) is 5.56 Å². The molecular formula is C16H23BrN2S. The molecule has 0 saturated heterocycles. The lowest BCUT2D eigenvalue weighted by Gasteiger charge is -2.18. The van der Waals surface area contributed by atoms with Crippen LogP contribution in [0.5, 0.6) is 0 Å². The highest BCUT2D eigenvalue weighted by Crippen LogP contribution is 2.23. The minimum absolute atomic E-state index is 0.886. The molecule has 1 aromatic heterocycles. The molecule has 1 aromatic carbocycles. The first-order chi connectivity index (χ1) is 9.35. The molecule has 110 valence electrons. The lowest BCUT2D eigenvalue weighted by atomic mass is 10.1. The molecule has 4 heteroatoms. The molecule has 0 fully saturated rings. The number of fused-ring (bicyclic) bond motifs is 1. The van der Waals surface area contributed by atoms with Crippen LogP contribution in [0.2, 0.25) is 0 Å². The van der Waals surface area contributed by atoms with Crippen molar-refractivity contribution in [2.45, 2.75) is 6.42 Å². The Labute approximate surface area is 130 Å². The summed E-state index contributed by atoms with van der Waals surface area (Å²) in [4.78, 5) is 5.71. The number of halogens is 1. The molecule has 0 atom stereocenters. The third kappa shape index (κ3) is 4.40. The summed E-state index contributed by atoms with van der Waals surface area (Å²) >= 11 is 3.54.